The first kappa shape index (κ1) is 13.6. The highest BCUT2D eigenvalue weighted by Gasteiger charge is 2.31. The first-order valence-electron chi connectivity index (χ1n) is 6.34. The van der Waals surface area contributed by atoms with Crippen molar-refractivity contribution in [3.05, 3.63) is 18.5 Å². The Hall–Kier alpha value is -0.850. The molecule has 1 saturated carbocycles. The maximum Gasteiger partial charge on any atom is 0.244 e. The number of sulfonamides is 1. The van der Waals surface area contributed by atoms with Gasteiger partial charge in [-0.15, -0.1) is 0 Å². The molecule has 1 fully saturated rings. The Morgan fingerprint density at radius 2 is 2.00 bits per heavy atom. The Balaban J connectivity index is 2.06. The molecule has 0 aromatic carbocycles. The van der Waals surface area contributed by atoms with Crippen LogP contribution in [0, 0.1) is 0 Å². The topological polar surface area (TPSA) is 65.2 Å². The van der Waals surface area contributed by atoms with Crippen molar-refractivity contribution >= 4 is 10.0 Å². The number of hydrogen-bond donors (Lipinski definition) is 2. The lowest BCUT2D eigenvalue weighted by molar-refractivity contribution is 0.255. The lowest BCUT2D eigenvalue weighted by Crippen LogP contribution is -2.42. The largest absolute Gasteiger partial charge is 0.366 e. The SMILES string of the molecule is CNC1CCC(N(C)S(=O)(=O)c2cc[nH]c2)CC1. The van der Waals surface area contributed by atoms with Crippen LogP contribution in [-0.4, -0.2) is 43.9 Å². The lowest BCUT2D eigenvalue weighted by atomic mass is 9.91. The Bertz CT molecular complexity index is 462. The molecule has 0 amide bonds. The normalized spacial score (nSPS) is 25.5. The Morgan fingerprint density at radius 3 is 2.50 bits per heavy atom. The van der Waals surface area contributed by atoms with E-state index >= 15 is 0 Å². The fraction of sp³-hybridized carbons (Fsp3) is 0.667. The monoisotopic (exact) mass is 271 g/mol. The smallest absolute Gasteiger partial charge is 0.244 e. The molecule has 18 heavy (non-hydrogen) atoms. The molecule has 0 aliphatic heterocycles. The number of aromatic amines is 1. The van der Waals surface area contributed by atoms with Gasteiger partial charge in [0, 0.05) is 31.5 Å². The Labute approximate surface area is 109 Å². The molecule has 102 valence electrons. The maximum atomic E-state index is 12.3. The molecule has 0 spiro atoms. The molecule has 0 saturated heterocycles. The summed E-state index contributed by atoms with van der Waals surface area (Å²) in [6.07, 6.45) is 7.09. The number of aromatic nitrogens is 1. The van der Waals surface area contributed by atoms with E-state index in [1.54, 1.807) is 19.3 Å². The van der Waals surface area contributed by atoms with Gasteiger partial charge in [0.2, 0.25) is 10.0 Å². The van der Waals surface area contributed by atoms with Crippen LogP contribution in [0.5, 0.6) is 0 Å². The second-order valence-corrected chi connectivity index (χ2v) is 6.86. The van der Waals surface area contributed by atoms with Crippen LogP contribution >= 0.6 is 0 Å². The average Bonchev–Trinajstić information content (AvgIpc) is 2.92. The average molecular weight is 271 g/mol. The van der Waals surface area contributed by atoms with E-state index in [2.05, 4.69) is 10.3 Å². The van der Waals surface area contributed by atoms with Crippen LogP contribution in [0.3, 0.4) is 0 Å². The molecule has 2 rings (SSSR count). The first-order valence-corrected chi connectivity index (χ1v) is 7.78. The first-order chi connectivity index (χ1) is 8.55. The van der Waals surface area contributed by atoms with E-state index in [0.717, 1.165) is 25.7 Å². The van der Waals surface area contributed by atoms with Crippen molar-refractivity contribution in [2.45, 2.75) is 42.7 Å². The van der Waals surface area contributed by atoms with Crippen molar-refractivity contribution in [3.63, 3.8) is 0 Å². The van der Waals surface area contributed by atoms with Gasteiger partial charge < -0.3 is 10.3 Å². The molecule has 1 aliphatic carbocycles. The van der Waals surface area contributed by atoms with E-state index in [4.69, 9.17) is 0 Å². The third kappa shape index (κ3) is 2.60. The standard InChI is InChI=1S/C12H21N3O2S/c1-13-10-3-5-11(6-4-10)15(2)18(16,17)12-7-8-14-9-12/h7-11,13-14H,3-6H2,1-2H3. The highest BCUT2D eigenvalue weighted by molar-refractivity contribution is 7.89. The number of nitrogens with zero attached hydrogens (tertiary/aromatic N) is 1. The molecule has 1 aromatic heterocycles. The van der Waals surface area contributed by atoms with E-state index in [1.165, 1.54) is 10.5 Å². The zero-order chi connectivity index (χ0) is 13.2. The summed E-state index contributed by atoms with van der Waals surface area (Å²) in [5.41, 5.74) is 0. The quantitative estimate of drug-likeness (QED) is 0.864. The third-order valence-corrected chi connectivity index (χ3v) is 5.77. The Kier molecular flexibility index (Phi) is 4.09. The van der Waals surface area contributed by atoms with Gasteiger partial charge in [-0.2, -0.15) is 4.31 Å². The van der Waals surface area contributed by atoms with Crippen molar-refractivity contribution in [1.82, 2.24) is 14.6 Å². The molecule has 1 aromatic rings. The van der Waals surface area contributed by atoms with E-state index in [1.807, 2.05) is 7.05 Å². The van der Waals surface area contributed by atoms with E-state index in [-0.39, 0.29) is 6.04 Å². The van der Waals surface area contributed by atoms with Crippen molar-refractivity contribution in [2.75, 3.05) is 14.1 Å². The van der Waals surface area contributed by atoms with Crippen molar-refractivity contribution < 1.29 is 8.42 Å². The summed E-state index contributed by atoms with van der Waals surface area (Å²) < 4.78 is 26.2. The summed E-state index contributed by atoms with van der Waals surface area (Å²) in [4.78, 5) is 3.14. The van der Waals surface area contributed by atoms with Gasteiger partial charge in [-0.25, -0.2) is 8.42 Å². The lowest BCUT2D eigenvalue weighted by Gasteiger charge is -2.33. The van der Waals surface area contributed by atoms with Crippen molar-refractivity contribution in [3.8, 4) is 0 Å². The van der Waals surface area contributed by atoms with Crippen LogP contribution in [0.2, 0.25) is 0 Å². The van der Waals surface area contributed by atoms with Gasteiger partial charge in [0.05, 0.1) is 4.90 Å². The number of hydrogen-bond acceptors (Lipinski definition) is 3. The fourth-order valence-corrected chi connectivity index (χ4v) is 3.95. The summed E-state index contributed by atoms with van der Waals surface area (Å²) in [5, 5.41) is 3.26. The predicted octanol–water partition coefficient (Wildman–Crippen LogP) is 1.17. The number of rotatable bonds is 4. The minimum absolute atomic E-state index is 0.120. The Morgan fingerprint density at radius 1 is 1.33 bits per heavy atom. The van der Waals surface area contributed by atoms with Gasteiger partial charge in [0.15, 0.2) is 0 Å². The predicted molar refractivity (Wildman–Crippen MR) is 70.8 cm³/mol. The van der Waals surface area contributed by atoms with Gasteiger partial charge in [-0.05, 0) is 38.8 Å². The summed E-state index contributed by atoms with van der Waals surface area (Å²) in [6, 6.07) is 2.25. The van der Waals surface area contributed by atoms with Crippen LogP contribution in [0.4, 0.5) is 0 Å². The molecule has 2 N–H and O–H groups in total. The molecule has 1 aliphatic rings. The second-order valence-electron chi connectivity index (χ2n) is 4.86. The highest BCUT2D eigenvalue weighted by atomic mass is 32.2. The van der Waals surface area contributed by atoms with Gasteiger partial charge >= 0.3 is 0 Å². The van der Waals surface area contributed by atoms with Crippen molar-refractivity contribution in [1.29, 1.82) is 0 Å². The molecular formula is C12H21N3O2S. The second kappa shape index (κ2) is 5.42. The van der Waals surface area contributed by atoms with Crippen LogP contribution < -0.4 is 5.32 Å². The molecule has 0 bridgehead atoms. The van der Waals surface area contributed by atoms with Crippen LogP contribution in [0.15, 0.2) is 23.4 Å². The number of H-pyrrole nitrogens is 1. The zero-order valence-corrected chi connectivity index (χ0v) is 11.7. The minimum Gasteiger partial charge on any atom is -0.366 e. The zero-order valence-electron chi connectivity index (χ0n) is 10.9. The molecule has 0 unspecified atom stereocenters. The van der Waals surface area contributed by atoms with Crippen LogP contribution in [-0.2, 0) is 10.0 Å². The summed E-state index contributed by atoms with van der Waals surface area (Å²) in [5.74, 6) is 0. The molecular weight excluding hydrogens is 250 g/mol. The molecule has 1 heterocycles. The van der Waals surface area contributed by atoms with Gasteiger partial charge in [-0.1, -0.05) is 0 Å². The van der Waals surface area contributed by atoms with E-state index in [9.17, 15) is 8.42 Å². The number of nitrogens with one attached hydrogen (secondary N) is 2. The molecule has 6 heteroatoms. The summed E-state index contributed by atoms with van der Waals surface area (Å²) >= 11 is 0. The molecule has 0 radical (unpaired) electrons. The molecule has 5 nitrogen and oxygen atoms in total. The van der Waals surface area contributed by atoms with Gasteiger partial charge in [-0.3, -0.25) is 0 Å². The fourth-order valence-electron chi connectivity index (χ4n) is 2.56. The van der Waals surface area contributed by atoms with Crippen molar-refractivity contribution in [2.24, 2.45) is 0 Å². The van der Waals surface area contributed by atoms with Crippen LogP contribution in [0.1, 0.15) is 25.7 Å². The summed E-state index contributed by atoms with van der Waals surface area (Å²) in [6.45, 7) is 0. The van der Waals surface area contributed by atoms with Gasteiger partial charge in [0.25, 0.3) is 0 Å². The van der Waals surface area contributed by atoms with E-state index < -0.39 is 10.0 Å². The van der Waals surface area contributed by atoms with Gasteiger partial charge in [0.1, 0.15) is 0 Å². The molecule has 0 atom stereocenters. The minimum atomic E-state index is -3.34. The third-order valence-electron chi connectivity index (χ3n) is 3.87. The highest BCUT2D eigenvalue weighted by Crippen LogP contribution is 2.26. The van der Waals surface area contributed by atoms with E-state index in [0.29, 0.717) is 10.9 Å². The van der Waals surface area contributed by atoms with Crippen LogP contribution in [0.25, 0.3) is 0 Å². The maximum absolute atomic E-state index is 12.3. The summed E-state index contributed by atoms with van der Waals surface area (Å²) in [7, 11) is 0.313.